The van der Waals surface area contributed by atoms with Gasteiger partial charge in [-0.25, -0.2) is 13.1 Å². The van der Waals surface area contributed by atoms with E-state index in [2.05, 4.69) is 9.62 Å². The standard InChI is InChI=1S/C27H33N3O10S/c1-4-30-7-5-6-15(30)12-10-16(31)18-13(23(12)40-2)8-11-9-14-20(29-41(3,38)39)22(33)19(26(28)36)25(35)27(14,37)24(34)17(11)21(18)32/h10-11,14-15,20,29,31,33-34,37H,4-9H2,1-3H3,(H2,28,36)/t11-,14-,15-,20-,27-/m0/s1. The van der Waals surface area contributed by atoms with Crippen LogP contribution in [0.15, 0.2) is 28.7 Å². The van der Waals surface area contributed by atoms with Gasteiger partial charge in [0, 0.05) is 28.7 Å². The summed E-state index contributed by atoms with van der Waals surface area (Å²) in [7, 11) is -2.63. The van der Waals surface area contributed by atoms with Gasteiger partial charge in [0.1, 0.15) is 28.6 Å². The number of sulfonamides is 1. The number of aliphatic hydroxyl groups is 3. The lowest BCUT2D eigenvalue weighted by Gasteiger charge is -2.48. The first-order chi connectivity index (χ1) is 19.2. The molecule has 222 valence electrons. The van der Waals surface area contributed by atoms with Crippen molar-refractivity contribution in [2.24, 2.45) is 17.6 Å². The van der Waals surface area contributed by atoms with Crippen molar-refractivity contribution in [3.63, 3.8) is 0 Å². The smallest absolute Gasteiger partial charge is 0.255 e. The van der Waals surface area contributed by atoms with Gasteiger partial charge in [-0.2, -0.15) is 0 Å². The van der Waals surface area contributed by atoms with Gasteiger partial charge in [0.2, 0.25) is 15.8 Å². The maximum atomic E-state index is 13.9. The number of carbonyl (C=O) groups is 3. The number of Topliss-reactive ketones (excluding diaryl/α,β-unsaturated/α-hetero) is 2. The van der Waals surface area contributed by atoms with Gasteiger partial charge in [-0.05, 0) is 50.8 Å². The highest BCUT2D eigenvalue weighted by Gasteiger charge is 2.63. The van der Waals surface area contributed by atoms with Crippen molar-refractivity contribution >= 4 is 27.5 Å². The minimum absolute atomic E-state index is 0.0312. The van der Waals surface area contributed by atoms with Crippen molar-refractivity contribution < 1.29 is 48.0 Å². The molecule has 1 amide bonds. The number of nitrogens with zero attached hydrogens (tertiary/aromatic N) is 1. The van der Waals surface area contributed by atoms with Crippen LogP contribution in [-0.4, -0.2) is 89.3 Å². The van der Waals surface area contributed by atoms with Crippen molar-refractivity contribution in [3.8, 4) is 11.5 Å². The van der Waals surface area contributed by atoms with Gasteiger partial charge >= 0.3 is 0 Å². The number of phenolic OH excluding ortho intramolecular Hbond substituents is 1. The van der Waals surface area contributed by atoms with Crippen LogP contribution in [0.4, 0.5) is 0 Å². The number of ketones is 2. The van der Waals surface area contributed by atoms with E-state index in [1.807, 2.05) is 6.92 Å². The number of methoxy groups -OCH3 is 1. The Balaban J connectivity index is 1.70. The number of phenols is 1. The number of allylic oxidation sites excluding steroid dienone is 1. The van der Waals surface area contributed by atoms with Crippen LogP contribution in [0.25, 0.3) is 0 Å². The Morgan fingerprint density at radius 3 is 2.54 bits per heavy atom. The molecule has 1 fully saturated rings. The highest BCUT2D eigenvalue weighted by atomic mass is 32.2. The number of nitrogens with two attached hydrogens (primary N) is 1. The quantitative estimate of drug-likeness (QED) is 0.247. The first kappa shape index (κ1) is 29.0. The lowest BCUT2D eigenvalue weighted by molar-refractivity contribution is -0.145. The number of fused-ring (bicyclic) bond motifs is 3. The van der Waals surface area contributed by atoms with Gasteiger partial charge in [0.15, 0.2) is 11.4 Å². The molecule has 41 heavy (non-hydrogen) atoms. The Morgan fingerprint density at radius 2 is 1.95 bits per heavy atom. The number of ether oxygens (including phenoxy) is 1. The summed E-state index contributed by atoms with van der Waals surface area (Å²) in [6.45, 7) is 3.65. The molecule has 0 aromatic heterocycles. The summed E-state index contributed by atoms with van der Waals surface area (Å²) in [6, 6.07) is -0.304. The Hall–Kier alpha value is -3.46. The molecule has 3 aliphatic carbocycles. The topological polar surface area (TPSA) is 217 Å². The largest absolute Gasteiger partial charge is 0.510 e. The molecule has 1 heterocycles. The summed E-state index contributed by atoms with van der Waals surface area (Å²) < 4.78 is 32.3. The number of hydrogen-bond acceptors (Lipinski definition) is 11. The predicted octanol–water partition coefficient (Wildman–Crippen LogP) is 0.274. The first-order valence-electron chi connectivity index (χ1n) is 13.3. The highest BCUT2D eigenvalue weighted by Crippen LogP contribution is 2.54. The third kappa shape index (κ3) is 4.23. The molecule has 13 nitrogen and oxygen atoms in total. The third-order valence-corrected chi connectivity index (χ3v) is 9.54. The van der Waals surface area contributed by atoms with Crippen LogP contribution in [0.1, 0.15) is 53.7 Å². The third-order valence-electron chi connectivity index (χ3n) is 8.85. The number of likely N-dealkylation sites (tertiary alicyclic amines) is 1. The molecule has 0 radical (unpaired) electrons. The minimum atomic E-state index is -4.09. The van der Waals surface area contributed by atoms with Gasteiger partial charge < -0.3 is 30.9 Å². The average molecular weight is 592 g/mol. The molecule has 5 rings (SSSR count). The van der Waals surface area contributed by atoms with Gasteiger partial charge in [-0.15, -0.1) is 0 Å². The number of amides is 1. The van der Waals surface area contributed by atoms with Crippen molar-refractivity contribution in [2.45, 2.75) is 50.3 Å². The van der Waals surface area contributed by atoms with E-state index in [-0.39, 0.29) is 35.8 Å². The van der Waals surface area contributed by atoms with Crippen LogP contribution in [0, 0.1) is 11.8 Å². The van der Waals surface area contributed by atoms with Crippen LogP contribution in [0.5, 0.6) is 11.5 Å². The fraction of sp³-hybridized carbons (Fsp3) is 0.519. The molecule has 0 spiro atoms. The molecule has 1 aromatic carbocycles. The van der Waals surface area contributed by atoms with Crippen molar-refractivity contribution in [1.82, 2.24) is 9.62 Å². The van der Waals surface area contributed by atoms with Gasteiger partial charge in [-0.3, -0.25) is 19.3 Å². The van der Waals surface area contributed by atoms with E-state index in [1.165, 1.54) is 13.2 Å². The molecule has 7 N–H and O–H groups in total. The zero-order valence-electron chi connectivity index (χ0n) is 22.8. The summed E-state index contributed by atoms with van der Waals surface area (Å²) in [4.78, 5) is 41.6. The normalized spacial score (nSPS) is 30.2. The number of carbonyl (C=O) groups excluding carboxylic acids is 3. The van der Waals surface area contributed by atoms with Crippen LogP contribution in [-0.2, 0) is 26.0 Å². The van der Waals surface area contributed by atoms with Crippen LogP contribution < -0.4 is 15.2 Å². The molecular formula is C27H33N3O10S. The van der Waals surface area contributed by atoms with Crippen LogP contribution in [0.2, 0.25) is 0 Å². The second-order valence-corrected chi connectivity index (χ2v) is 12.9. The Bertz CT molecular complexity index is 1550. The fourth-order valence-electron chi connectivity index (χ4n) is 7.16. The average Bonchev–Trinajstić information content (AvgIpc) is 3.36. The number of benzene rings is 1. The Kier molecular flexibility index (Phi) is 6.96. The lowest BCUT2D eigenvalue weighted by Crippen LogP contribution is -2.64. The van der Waals surface area contributed by atoms with Crippen molar-refractivity contribution in [2.75, 3.05) is 26.5 Å². The molecule has 5 atom stereocenters. The Morgan fingerprint density at radius 1 is 1.27 bits per heavy atom. The Labute approximate surface area is 236 Å². The lowest BCUT2D eigenvalue weighted by atomic mass is 9.59. The monoisotopic (exact) mass is 591 g/mol. The highest BCUT2D eigenvalue weighted by molar-refractivity contribution is 7.88. The molecule has 14 heteroatoms. The number of aliphatic hydroxyl groups excluding tert-OH is 2. The summed E-state index contributed by atoms with van der Waals surface area (Å²) in [5.74, 6) is -8.15. The van der Waals surface area contributed by atoms with E-state index < -0.39 is 68.1 Å². The van der Waals surface area contributed by atoms with E-state index in [0.29, 0.717) is 16.9 Å². The number of nitrogens with one attached hydrogen (secondary N) is 1. The molecule has 4 aliphatic rings. The first-order valence-corrected chi connectivity index (χ1v) is 15.2. The number of rotatable bonds is 6. The number of aromatic hydroxyl groups is 1. The molecule has 1 aromatic rings. The van der Waals surface area contributed by atoms with Gasteiger partial charge in [0.25, 0.3) is 5.91 Å². The second-order valence-electron chi connectivity index (χ2n) is 11.1. The summed E-state index contributed by atoms with van der Waals surface area (Å²) >= 11 is 0. The zero-order valence-corrected chi connectivity index (χ0v) is 23.6. The van der Waals surface area contributed by atoms with E-state index in [4.69, 9.17) is 10.5 Å². The van der Waals surface area contributed by atoms with Crippen molar-refractivity contribution in [3.05, 3.63) is 45.4 Å². The summed E-state index contributed by atoms with van der Waals surface area (Å²) in [6.07, 6.45) is 2.31. The van der Waals surface area contributed by atoms with Gasteiger partial charge in [-0.1, -0.05) is 6.92 Å². The molecule has 0 bridgehead atoms. The van der Waals surface area contributed by atoms with Crippen molar-refractivity contribution in [1.29, 1.82) is 0 Å². The zero-order chi connectivity index (χ0) is 30.2. The fourth-order valence-corrected chi connectivity index (χ4v) is 7.90. The molecule has 0 unspecified atom stereocenters. The van der Waals surface area contributed by atoms with Crippen LogP contribution in [0.3, 0.4) is 0 Å². The molecule has 1 saturated heterocycles. The molecular weight excluding hydrogens is 558 g/mol. The number of primary amides is 1. The predicted molar refractivity (Wildman–Crippen MR) is 144 cm³/mol. The maximum absolute atomic E-state index is 13.9. The minimum Gasteiger partial charge on any atom is -0.510 e. The number of hydrogen-bond donors (Lipinski definition) is 6. The SMILES string of the molecule is CCN1CCC[C@H]1c1cc(O)c2c(c1OC)C[C@H]1C[C@H]3[C@H](NS(C)(=O)=O)C(O)=C(C(N)=O)C(=O)[C@@]3(O)C(O)=C1C2=O. The van der Waals surface area contributed by atoms with E-state index in [9.17, 15) is 43.2 Å². The summed E-state index contributed by atoms with van der Waals surface area (Å²) in [5, 5.41) is 44.9. The van der Waals surface area contributed by atoms with Crippen LogP contribution >= 0.6 is 0 Å². The summed E-state index contributed by atoms with van der Waals surface area (Å²) in [5.41, 5.74) is 1.82. The maximum Gasteiger partial charge on any atom is 0.255 e. The van der Waals surface area contributed by atoms with Gasteiger partial charge in [0.05, 0.1) is 25.0 Å². The molecule has 1 aliphatic heterocycles. The second kappa shape index (κ2) is 9.82. The van der Waals surface area contributed by atoms with E-state index >= 15 is 0 Å². The van der Waals surface area contributed by atoms with E-state index in [1.54, 1.807) is 0 Å². The molecule has 0 saturated carbocycles. The van der Waals surface area contributed by atoms with E-state index in [0.717, 1.165) is 32.2 Å².